The molecule has 0 unspecified atom stereocenters. The number of quaternary nitrogens is 1. The van der Waals surface area contributed by atoms with Crippen LogP contribution < -0.4 is 14.4 Å². The molecule has 1 aliphatic rings. The number of nitrogens with zero attached hydrogens (tertiary/aromatic N) is 1. The Morgan fingerprint density at radius 3 is 2.62 bits per heavy atom. The van der Waals surface area contributed by atoms with Gasteiger partial charge in [0.15, 0.2) is 0 Å². The number of methoxy groups -OCH3 is 2. The molecule has 5 nitrogen and oxygen atoms in total. The van der Waals surface area contributed by atoms with E-state index < -0.39 is 0 Å². The molecule has 21 heavy (non-hydrogen) atoms. The molecule has 0 atom stereocenters. The Balaban J connectivity index is 2.08. The quantitative estimate of drug-likeness (QED) is 0.790. The number of amides is 1. The summed E-state index contributed by atoms with van der Waals surface area (Å²) in [4.78, 5) is 16.0. The standard InChI is InChI=1S/C16H22N2O3/c1-4-7-17-8-10-18(11-9-17)16(19)14-6-5-13(20-2)12-15(14)21-3/h4-6,12H,1,7-11H2,2-3H3/p+1. The zero-order valence-electron chi connectivity index (χ0n) is 12.7. The second kappa shape index (κ2) is 7.13. The molecule has 2 rings (SSSR count). The van der Waals surface area contributed by atoms with E-state index >= 15 is 0 Å². The molecular formula is C16H23N2O3+. The zero-order chi connectivity index (χ0) is 15.2. The zero-order valence-corrected chi connectivity index (χ0v) is 12.7. The van der Waals surface area contributed by atoms with Crippen molar-refractivity contribution in [3.05, 3.63) is 36.4 Å². The van der Waals surface area contributed by atoms with Gasteiger partial charge in [0.25, 0.3) is 5.91 Å². The number of hydrogen-bond acceptors (Lipinski definition) is 3. The first-order valence-electron chi connectivity index (χ1n) is 7.15. The van der Waals surface area contributed by atoms with E-state index in [1.54, 1.807) is 32.4 Å². The minimum atomic E-state index is 0.0205. The van der Waals surface area contributed by atoms with Gasteiger partial charge in [-0.1, -0.05) is 6.58 Å². The summed E-state index contributed by atoms with van der Waals surface area (Å²) in [7, 11) is 3.16. The van der Waals surface area contributed by atoms with Crippen molar-refractivity contribution in [1.82, 2.24) is 4.90 Å². The maximum Gasteiger partial charge on any atom is 0.258 e. The van der Waals surface area contributed by atoms with Crippen LogP contribution in [0.5, 0.6) is 11.5 Å². The van der Waals surface area contributed by atoms with Crippen LogP contribution in [0.15, 0.2) is 30.9 Å². The Bertz CT molecular complexity index is 508. The molecule has 114 valence electrons. The van der Waals surface area contributed by atoms with Gasteiger partial charge in [0, 0.05) is 6.07 Å². The highest BCUT2D eigenvalue weighted by atomic mass is 16.5. The highest BCUT2D eigenvalue weighted by Crippen LogP contribution is 2.25. The third-order valence-electron chi connectivity index (χ3n) is 3.83. The monoisotopic (exact) mass is 291 g/mol. The van der Waals surface area contributed by atoms with Gasteiger partial charge in [0.2, 0.25) is 0 Å². The third kappa shape index (κ3) is 3.55. The van der Waals surface area contributed by atoms with Gasteiger partial charge < -0.3 is 19.3 Å². The largest absolute Gasteiger partial charge is 0.497 e. The lowest BCUT2D eigenvalue weighted by Crippen LogP contribution is -3.14. The van der Waals surface area contributed by atoms with Crippen molar-refractivity contribution in [2.24, 2.45) is 0 Å². The van der Waals surface area contributed by atoms with Crippen LogP contribution in [-0.4, -0.2) is 57.8 Å². The number of ether oxygens (including phenoxy) is 2. The smallest absolute Gasteiger partial charge is 0.258 e. The van der Waals surface area contributed by atoms with E-state index in [0.29, 0.717) is 17.1 Å². The molecule has 0 aliphatic carbocycles. The Hall–Kier alpha value is -2.01. The highest BCUT2D eigenvalue weighted by molar-refractivity contribution is 5.97. The van der Waals surface area contributed by atoms with E-state index in [1.807, 2.05) is 11.0 Å². The van der Waals surface area contributed by atoms with Gasteiger partial charge in [-0.2, -0.15) is 0 Å². The van der Waals surface area contributed by atoms with E-state index in [9.17, 15) is 4.79 Å². The molecule has 1 fully saturated rings. The topological polar surface area (TPSA) is 43.2 Å². The molecule has 1 N–H and O–H groups in total. The second-order valence-corrected chi connectivity index (χ2v) is 5.10. The van der Waals surface area contributed by atoms with Crippen LogP contribution in [0, 0.1) is 0 Å². The number of nitrogens with one attached hydrogen (secondary N) is 1. The molecule has 1 aromatic carbocycles. The lowest BCUT2D eigenvalue weighted by atomic mass is 10.1. The van der Waals surface area contributed by atoms with Crippen molar-refractivity contribution in [2.75, 3.05) is 46.9 Å². The van der Waals surface area contributed by atoms with Gasteiger partial charge in [-0.25, -0.2) is 0 Å². The van der Waals surface area contributed by atoms with Crippen LogP contribution in [0.1, 0.15) is 10.4 Å². The van der Waals surface area contributed by atoms with Crippen LogP contribution in [0.4, 0.5) is 0 Å². The Labute approximate surface area is 125 Å². The average molecular weight is 291 g/mol. The van der Waals surface area contributed by atoms with E-state index in [-0.39, 0.29) is 5.91 Å². The summed E-state index contributed by atoms with van der Waals surface area (Å²) >= 11 is 0. The van der Waals surface area contributed by atoms with Crippen molar-refractivity contribution in [3.63, 3.8) is 0 Å². The van der Waals surface area contributed by atoms with Crippen molar-refractivity contribution >= 4 is 5.91 Å². The van der Waals surface area contributed by atoms with Crippen LogP contribution in [0.3, 0.4) is 0 Å². The highest BCUT2D eigenvalue weighted by Gasteiger charge is 2.25. The maximum absolute atomic E-state index is 12.6. The van der Waals surface area contributed by atoms with E-state index in [1.165, 1.54) is 4.90 Å². The van der Waals surface area contributed by atoms with Gasteiger partial charge in [0.1, 0.15) is 11.5 Å². The Morgan fingerprint density at radius 1 is 1.33 bits per heavy atom. The minimum Gasteiger partial charge on any atom is -0.497 e. The number of carbonyl (C=O) groups is 1. The van der Waals surface area contributed by atoms with Crippen LogP contribution in [0.25, 0.3) is 0 Å². The third-order valence-corrected chi connectivity index (χ3v) is 3.83. The molecule has 0 saturated carbocycles. The molecule has 0 aromatic heterocycles. The SMILES string of the molecule is C=CC[NH+]1CCN(C(=O)c2ccc(OC)cc2OC)CC1. The van der Waals surface area contributed by atoms with Crippen LogP contribution >= 0.6 is 0 Å². The van der Waals surface area contributed by atoms with Crippen molar-refractivity contribution in [3.8, 4) is 11.5 Å². The van der Waals surface area contributed by atoms with E-state index in [2.05, 4.69) is 6.58 Å². The molecule has 1 aromatic rings. The summed E-state index contributed by atoms with van der Waals surface area (Å²) in [6.07, 6.45) is 1.93. The summed E-state index contributed by atoms with van der Waals surface area (Å²) in [5.41, 5.74) is 0.588. The summed E-state index contributed by atoms with van der Waals surface area (Å²) in [6.45, 7) is 8.15. The fraction of sp³-hybridized carbons (Fsp3) is 0.438. The normalized spacial score (nSPS) is 15.6. The molecule has 0 radical (unpaired) electrons. The number of rotatable bonds is 5. The number of carbonyl (C=O) groups excluding carboxylic acids is 1. The summed E-state index contributed by atoms with van der Waals surface area (Å²) in [5, 5.41) is 0. The number of hydrogen-bond donors (Lipinski definition) is 1. The molecular weight excluding hydrogens is 268 g/mol. The molecule has 1 saturated heterocycles. The predicted octanol–water partition coefficient (Wildman–Crippen LogP) is 0.231. The first kappa shape index (κ1) is 15.4. The molecule has 0 spiro atoms. The van der Waals surface area contributed by atoms with Crippen LogP contribution in [-0.2, 0) is 0 Å². The fourth-order valence-corrected chi connectivity index (χ4v) is 2.58. The van der Waals surface area contributed by atoms with E-state index in [4.69, 9.17) is 9.47 Å². The van der Waals surface area contributed by atoms with Crippen molar-refractivity contribution in [2.45, 2.75) is 0 Å². The van der Waals surface area contributed by atoms with Gasteiger partial charge in [-0.15, -0.1) is 0 Å². The second-order valence-electron chi connectivity index (χ2n) is 5.10. The fourth-order valence-electron chi connectivity index (χ4n) is 2.58. The molecule has 0 bridgehead atoms. The summed E-state index contributed by atoms with van der Waals surface area (Å²) < 4.78 is 10.5. The molecule has 1 amide bonds. The predicted molar refractivity (Wildman–Crippen MR) is 81.2 cm³/mol. The number of piperazine rings is 1. The average Bonchev–Trinajstić information content (AvgIpc) is 2.54. The van der Waals surface area contributed by atoms with Crippen molar-refractivity contribution in [1.29, 1.82) is 0 Å². The van der Waals surface area contributed by atoms with Gasteiger partial charge in [-0.05, 0) is 18.2 Å². The van der Waals surface area contributed by atoms with Gasteiger partial charge >= 0.3 is 0 Å². The Kier molecular flexibility index (Phi) is 5.22. The summed E-state index contributed by atoms with van der Waals surface area (Å²) in [5.74, 6) is 1.26. The van der Waals surface area contributed by atoms with Gasteiger partial charge in [0.05, 0.1) is 52.5 Å². The molecule has 1 heterocycles. The van der Waals surface area contributed by atoms with Crippen molar-refractivity contribution < 1.29 is 19.2 Å². The first-order chi connectivity index (χ1) is 10.2. The maximum atomic E-state index is 12.6. The van der Waals surface area contributed by atoms with Crippen LogP contribution in [0.2, 0.25) is 0 Å². The molecule has 5 heteroatoms. The Morgan fingerprint density at radius 2 is 2.05 bits per heavy atom. The summed E-state index contributed by atoms with van der Waals surface area (Å²) in [6, 6.07) is 5.30. The lowest BCUT2D eigenvalue weighted by molar-refractivity contribution is -0.898. The number of benzene rings is 1. The first-order valence-corrected chi connectivity index (χ1v) is 7.15. The van der Waals surface area contributed by atoms with E-state index in [0.717, 1.165) is 32.7 Å². The minimum absolute atomic E-state index is 0.0205. The lowest BCUT2D eigenvalue weighted by Gasteiger charge is -2.32. The van der Waals surface area contributed by atoms with Gasteiger partial charge in [-0.3, -0.25) is 4.79 Å². The molecule has 1 aliphatic heterocycles.